The van der Waals surface area contributed by atoms with E-state index in [0.29, 0.717) is 19.3 Å². The van der Waals surface area contributed by atoms with Gasteiger partial charge in [-0.05, 0) is 13.3 Å². The van der Waals surface area contributed by atoms with Gasteiger partial charge in [0.05, 0.1) is 11.5 Å². The lowest BCUT2D eigenvalue weighted by Crippen LogP contribution is -2.28. The molecule has 0 spiro atoms. The van der Waals surface area contributed by atoms with Crippen molar-refractivity contribution in [3.63, 3.8) is 0 Å². The summed E-state index contributed by atoms with van der Waals surface area (Å²) in [6.45, 7) is 1.65. The molecule has 0 amide bonds. The van der Waals surface area contributed by atoms with E-state index in [9.17, 15) is 9.59 Å². The number of Topliss-reactive ketones (excluding diaryl/α,β-unsaturated/α-hetero) is 2. The Morgan fingerprint density at radius 1 is 1.42 bits per heavy atom. The summed E-state index contributed by atoms with van der Waals surface area (Å²) in [4.78, 5) is 22.6. The molecule has 3 heteroatoms. The second-order valence-electron chi connectivity index (χ2n) is 3.34. The Hall–Kier alpha value is -1.17. The summed E-state index contributed by atoms with van der Waals surface area (Å²) in [7, 11) is 0. The van der Waals surface area contributed by atoms with Crippen LogP contribution in [0.5, 0.6) is 0 Å². The molecule has 0 saturated heterocycles. The number of hydrogen-bond donors (Lipinski definition) is 0. The Morgan fingerprint density at radius 2 is 1.92 bits per heavy atom. The molecule has 0 N–H and O–H groups in total. The highest BCUT2D eigenvalue weighted by atomic mass is 16.2. The first-order valence-corrected chi connectivity index (χ1v) is 4.05. The zero-order valence-electron chi connectivity index (χ0n) is 7.09. The van der Waals surface area contributed by atoms with E-state index < -0.39 is 5.41 Å². The molecule has 12 heavy (non-hydrogen) atoms. The number of ketones is 2. The molecule has 1 rings (SSSR count). The van der Waals surface area contributed by atoms with Gasteiger partial charge in [0.25, 0.3) is 0 Å². The van der Waals surface area contributed by atoms with Gasteiger partial charge >= 0.3 is 0 Å². The van der Waals surface area contributed by atoms with Crippen LogP contribution >= 0.6 is 0 Å². The van der Waals surface area contributed by atoms with E-state index in [1.165, 1.54) is 0 Å². The number of nitrogens with zero attached hydrogens (tertiary/aromatic N) is 1. The minimum atomic E-state index is -0.838. The molecule has 0 heterocycles. The molecule has 0 aromatic rings. The fraction of sp³-hybridized carbons (Fsp3) is 0.667. The van der Waals surface area contributed by atoms with Gasteiger partial charge in [-0.25, -0.2) is 0 Å². The van der Waals surface area contributed by atoms with E-state index in [0.717, 1.165) is 0 Å². The summed E-state index contributed by atoms with van der Waals surface area (Å²) in [6.07, 6.45) is 1.40. The van der Waals surface area contributed by atoms with E-state index in [4.69, 9.17) is 5.26 Å². The minimum Gasteiger partial charge on any atom is -0.299 e. The second-order valence-corrected chi connectivity index (χ2v) is 3.34. The number of rotatable bonds is 2. The Morgan fingerprint density at radius 3 is 2.33 bits per heavy atom. The lowest BCUT2D eigenvalue weighted by Gasteiger charge is -2.17. The quantitative estimate of drug-likeness (QED) is 0.578. The highest BCUT2D eigenvalue weighted by Gasteiger charge is 2.44. The van der Waals surface area contributed by atoms with Crippen LogP contribution in [0.3, 0.4) is 0 Å². The van der Waals surface area contributed by atoms with Gasteiger partial charge in [0.15, 0.2) is 0 Å². The lowest BCUT2D eigenvalue weighted by atomic mass is 9.82. The fourth-order valence-electron chi connectivity index (χ4n) is 1.52. The topological polar surface area (TPSA) is 57.9 Å². The molecule has 0 bridgehead atoms. The molecular weight excluding hydrogens is 154 g/mol. The maximum absolute atomic E-state index is 11.3. The molecule has 64 valence electrons. The summed E-state index contributed by atoms with van der Waals surface area (Å²) in [5.41, 5.74) is -0.838. The summed E-state index contributed by atoms with van der Waals surface area (Å²) < 4.78 is 0. The van der Waals surface area contributed by atoms with Crippen LogP contribution in [0.4, 0.5) is 0 Å². The van der Waals surface area contributed by atoms with E-state index >= 15 is 0 Å². The average Bonchev–Trinajstić information content (AvgIpc) is 2.30. The van der Waals surface area contributed by atoms with Crippen LogP contribution in [0.15, 0.2) is 0 Å². The third-order valence-electron chi connectivity index (χ3n) is 2.55. The second kappa shape index (κ2) is 3.06. The molecule has 3 nitrogen and oxygen atoms in total. The molecule has 1 aliphatic carbocycles. The van der Waals surface area contributed by atoms with Gasteiger partial charge in [0, 0.05) is 19.3 Å². The number of hydrogen-bond acceptors (Lipinski definition) is 3. The first kappa shape index (κ1) is 8.92. The third kappa shape index (κ3) is 1.25. The van der Waals surface area contributed by atoms with Crippen LogP contribution < -0.4 is 0 Å². The maximum Gasteiger partial charge on any atom is 0.146 e. The molecule has 0 atom stereocenters. The number of nitriles is 1. The van der Waals surface area contributed by atoms with Crippen molar-refractivity contribution in [3.05, 3.63) is 0 Å². The molecule has 0 aliphatic heterocycles. The van der Waals surface area contributed by atoms with Gasteiger partial charge in [0.2, 0.25) is 0 Å². The zero-order valence-corrected chi connectivity index (χ0v) is 7.09. The van der Waals surface area contributed by atoms with Crippen molar-refractivity contribution in [1.82, 2.24) is 0 Å². The average molecular weight is 165 g/mol. The third-order valence-corrected chi connectivity index (χ3v) is 2.55. The maximum atomic E-state index is 11.3. The van der Waals surface area contributed by atoms with Crippen molar-refractivity contribution < 1.29 is 9.59 Å². The zero-order chi connectivity index (χ0) is 9.19. The summed E-state index contributed by atoms with van der Waals surface area (Å²) in [5, 5.41) is 8.34. The van der Waals surface area contributed by atoms with Gasteiger partial charge in [0.1, 0.15) is 11.6 Å². The summed E-state index contributed by atoms with van der Waals surface area (Å²) in [6, 6.07) is 1.96. The first-order chi connectivity index (χ1) is 5.61. The largest absolute Gasteiger partial charge is 0.299 e. The van der Waals surface area contributed by atoms with Crippen LogP contribution in [0.2, 0.25) is 0 Å². The standard InChI is InChI=1S/C9H11NO2/c1-9(5-2-6-10)7(11)3-4-8(9)12/h2-5H2,1H3. The fourth-order valence-corrected chi connectivity index (χ4v) is 1.52. The van der Waals surface area contributed by atoms with E-state index in [1.807, 2.05) is 6.07 Å². The van der Waals surface area contributed by atoms with Crippen LogP contribution in [-0.4, -0.2) is 11.6 Å². The van der Waals surface area contributed by atoms with Crippen LogP contribution in [0, 0.1) is 16.7 Å². The van der Waals surface area contributed by atoms with Crippen LogP contribution in [0.25, 0.3) is 0 Å². The molecule has 0 unspecified atom stereocenters. The normalized spacial score (nSPS) is 21.0. The molecule has 1 aliphatic rings. The van der Waals surface area contributed by atoms with Crippen LogP contribution in [-0.2, 0) is 9.59 Å². The van der Waals surface area contributed by atoms with Crippen molar-refractivity contribution in [1.29, 1.82) is 5.26 Å². The summed E-state index contributed by atoms with van der Waals surface area (Å²) >= 11 is 0. The van der Waals surface area contributed by atoms with Crippen LogP contribution in [0.1, 0.15) is 32.6 Å². The molecule has 0 radical (unpaired) electrons. The van der Waals surface area contributed by atoms with Gasteiger partial charge in [-0.3, -0.25) is 9.59 Å². The van der Waals surface area contributed by atoms with Gasteiger partial charge < -0.3 is 0 Å². The Balaban J connectivity index is 2.74. The van der Waals surface area contributed by atoms with Crippen molar-refractivity contribution in [2.24, 2.45) is 5.41 Å². The van der Waals surface area contributed by atoms with Gasteiger partial charge in [-0.2, -0.15) is 5.26 Å². The molecule has 0 aromatic carbocycles. The highest BCUT2D eigenvalue weighted by Crippen LogP contribution is 2.34. The van der Waals surface area contributed by atoms with Gasteiger partial charge in [-0.1, -0.05) is 0 Å². The van der Waals surface area contributed by atoms with Crippen molar-refractivity contribution in [2.45, 2.75) is 32.6 Å². The molecule has 1 saturated carbocycles. The lowest BCUT2D eigenvalue weighted by molar-refractivity contribution is -0.134. The monoisotopic (exact) mass is 165 g/mol. The molecule has 0 aromatic heterocycles. The van der Waals surface area contributed by atoms with E-state index in [-0.39, 0.29) is 18.0 Å². The number of carbonyl (C=O) groups excluding carboxylic acids is 2. The highest BCUT2D eigenvalue weighted by molar-refractivity contribution is 6.12. The van der Waals surface area contributed by atoms with E-state index in [2.05, 4.69) is 0 Å². The SMILES string of the molecule is CC1(CCC#N)C(=O)CCC1=O. The van der Waals surface area contributed by atoms with Crippen molar-refractivity contribution in [3.8, 4) is 6.07 Å². The first-order valence-electron chi connectivity index (χ1n) is 4.05. The predicted octanol–water partition coefficient (Wildman–Crippen LogP) is 1.23. The van der Waals surface area contributed by atoms with Crippen molar-refractivity contribution >= 4 is 11.6 Å². The molecule has 1 fully saturated rings. The van der Waals surface area contributed by atoms with Gasteiger partial charge in [-0.15, -0.1) is 0 Å². The summed E-state index contributed by atoms with van der Waals surface area (Å²) in [5.74, 6) is 0.00509. The number of carbonyl (C=O) groups is 2. The molecular formula is C9H11NO2. The predicted molar refractivity (Wildman–Crippen MR) is 42.2 cm³/mol. The minimum absolute atomic E-state index is 0.00255. The Bertz CT molecular complexity index is 246. The van der Waals surface area contributed by atoms with Crippen molar-refractivity contribution in [2.75, 3.05) is 0 Å². The van der Waals surface area contributed by atoms with E-state index in [1.54, 1.807) is 6.92 Å². The Labute approximate surface area is 71.4 Å². The Kier molecular flexibility index (Phi) is 2.27. The smallest absolute Gasteiger partial charge is 0.146 e.